The zero-order chi connectivity index (χ0) is 17.6. The first kappa shape index (κ1) is 21.8. The quantitative estimate of drug-likeness (QED) is 0.647. The number of likely N-dealkylation sites (N-methyl/N-ethyl adjacent to an activating group) is 4. The maximum Gasteiger partial charge on any atom is 0.0122 e. The lowest BCUT2D eigenvalue weighted by Gasteiger charge is -2.34. The van der Waals surface area contributed by atoms with Crippen LogP contribution in [0.4, 0.5) is 0 Å². The standard InChI is InChI=1S/C18H42N4/c1-17(2,3)21(9)15-13-19(7)11-12-20(8)14-16-22(10)18(4,5)6/h11-16H2,1-10H3. The SMILES string of the molecule is CN(CCN(C)CCN(C)C(C)(C)C)CCN(C)C(C)(C)C. The fraction of sp³-hybridized carbons (Fsp3) is 1.00. The Balaban J connectivity index is 3.89. The Hall–Kier alpha value is -0.160. The lowest BCUT2D eigenvalue weighted by Crippen LogP contribution is -2.44. The van der Waals surface area contributed by atoms with E-state index in [-0.39, 0.29) is 11.1 Å². The predicted molar refractivity (Wildman–Crippen MR) is 99.8 cm³/mol. The van der Waals surface area contributed by atoms with Crippen molar-refractivity contribution in [3.05, 3.63) is 0 Å². The van der Waals surface area contributed by atoms with Crippen molar-refractivity contribution in [2.75, 3.05) is 67.5 Å². The van der Waals surface area contributed by atoms with Crippen LogP contribution in [0.5, 0.6) is 0 Å². The molecular formula is C18H42N4. The second-order valence-electron chi connectivity index (χ2n) is 8.79. The van der Waals surface area contributed by atoms with Crippen molar-refractivity contribution in [1.29, 1.82) is 0 Å². The molecular weight excluding hydrogens is 272 g/mol. The molecule has 22 heavy (non-hydrogen) atoms. The van der Waals surface area contributed by atoms with E-state index >= 15 is 0 Å². The molecule has 0 unspecified atom stereocenters. The van der Waals surface area contributed by atoms with Gasteiger partial charge in [-0.05, 0) is 69.7 Å². The Kier molecular flexibility index (Phi) is 9.15. The lowest BCUT2D eigenvalue weighted by molar-refractivity contribution is 0.139. The summed E-state index contributed by atoms with van der Waals surface area (Å²) in [5, 5.41) is 0. The van der Waals surface area contributed by atoms with Gasteiger partial charge in [0.05, 0.1) is 0 Å². The molecule has 0 saturated heterocycles. The van der Waals surface area contributed by atoms with E-state index in [9.17, 15) is 0 Å². The van der Waals surface area contributed by atoms with Gasteiger partial charge in [0.1, 0.15) is 0 Å². The number of rotatable bonds is 9. The minimum absolute atomic E-state index is 0.259. The van der Waals surface area contributed by atoms with E-state index in [1.807, 2.05) is 0 Å². The third-order valence-corrected chi connectivity index (χ3v) is 4.79. The minimum atomic E-state index is 0.259. The van der Waals surface area contributed by atoms with Gasteiger partial charge in [-0.25, -0.2) is 0 Å². The highest BCUT2D eigenvalue weighted by Crippen LogP contribution is 2.10. The summed E-state index contributed by atoms with van der Waals surface area (Å²) in [7, 11) is 8.88. The molecule has 0 amide bonds. The third-order valence-electron chi connectivity index (χ3n) is 4.79. The van der Waals surface area contributed by atoms with Crippen molar-refractivity contribution >= 4 is 0 Å². The molecule has 0 spiro atoms. The molecule has 0 atom stereocenters. The van der Waals surface area contributed by atoms with Gasteiger partial charge in [-0.3, -0.25) is 0 Å². The van der Waals surface area contributed by atoms with Crippen LogP contribution in [-0.2, 0) is 0 Å². The summed E-state index contributed by atoms with van der Waals surface area (Å²) in [6.07, 6.45) is 0. The number of nitrogens with zero attached hydrogens (tertiary/aromatic N) is 4. The van der Waals surface area contributed by atoms with E-state index in [4.69, 9.17) is 0 Å². The Morgan fingerprint density at radius 3 is 0.909 bits per heavy atom. The number of hydrogen-bond acceptors (Lipinski definition) is 4. The highest BCUT2D eigenvalue weighted by molar-refractivity contribution is 4.75. The van der Waals surface area contributed by atoms with Crippen LogP contribution in [0.15, 0.2) is 0 Å². The highest BCUT2D eigenvalue weighted by atomic mass is 15.2. The van der Waals surface area contributed by atoms with Crippen molar-refractivity contribution in [2.45, 2.75) is 52.6 Å². The molecule has 0 bridgehead atoms. The number of hydrogen-bond donors (Lipinski definition) is 0. The van der Waals surface area contributed by atoms with Crippen LogP contribution in [0.1, 0.15) is 41.5 Å². The van der Waals surface area contributed by atoms with Gasteiger partial charge < -0.3 is 19.6 Å². The molecule has 4 heteroatoms. The fourth-order valence-corrected chi connectivity index (χ4v) is 1.88. The normalized spacial score (nSPS) is 13.9. The molecule has 0 aromatic rings. The molecule has 0 saturated carbocycles. The Morgan fingerprint density at radius 1 is 0.455 bits per heavy atom. The fourth-order valence-electron chi connectivity index (χ4n) is 1.88. The first-order chi connectivity index (χ1) is 9.84. The van der Waals surface area contributed by atoms with Gasteiger partial charge >= 0.3 is 0 Å². The van der Waals surface area contributed by atoms with Crippen LogP contribution < -0.4 is 0 Å². The van der Waals surface area contributed by atoms with E-state index in [0.717, 1.165) is 39.3 Å². The summed E-state index contributed by atoms with van der Waals surface area (Å²) in [4.78, 5) is 9.72. The first-order valence-electron chi connectivity index (χ1n) is 8.63. The monoisotopic (exact) mass is 314 g/mol. The first-order valence-corrected chi connectivity index (χ1v) is 8.63. The van der Waals surface area contributed by atoms with Crippen molar-refractivity contribution < 1.29 is 0 Å². The van der Waals surface area contributed by atoms with Crippen LogP contribution in [0.3, 0.4) is 0 Å². The second kappa shape index (κ2) is 9.21. The van der Waals surface area contributed by atoms with Crippen LogP contribution in [0, 0.1) is 0 Å². The Morgan fingerprint density at radius 2 is 0.682 bits per heavy atom. The van der Waals surface area contributed by atoms with Crippen molar-refractivity contribution in [3.8, 4) is 0 Å². The van der Waals surface area contributed by atoms with Gasteiger partial charge in [0.25, 0.3) is 0 Å². The third kappa shape index (κ3) is 9.78. The molecule has 0 aliphatic rings. The van der Waals surface area contributed by atoms with E-state index in [2.05, 4.69) is 89.3 Å². The lowest BCUT2D eigenvalue weighted by atomic mass is 10.1. The molecule has 0 aliphatic carbocycles. The second-order valence-corrected chi connectivity index (χ2v) is 8.79. The molecule has 134 valence electrons. The van der Waals surface area contributed by atoms with Crippen LogP contribution in [-0.4, -0.2) is 98.1 Å². The molecule has 0 aromatic heterocycles. The predicted octanol–water partition coefficient (Wildman–Crippen LogP) is 2.31. The van der Waals surface area contributed by atoms with Crippen LogP contribution in [0.2, 0.25) is 0 Å². The highest BCUT2D eigenvalue weighted by Gasteiger charge is 2.18. The largest absolute Gasteiger partial charge is 0.304 e. The summed E-state index contributed by atoms with van der Waals surface area (Å²) >= 11 is 0. The van der Waals surface area contributed by atoms with E-state index in [1.54, 1.807) is 0 Å². The van der Waals surface area contributed by atoms with Gasteiger partial charge in [-0.2, -0.15) is 0 Å². The molecule has 0 rings (SSSR count). The minimum Gasteiger partial charge on any atom is -0.304 e. The molecule has 0 aliphatic heterocycles. The molecule has 0 radical (unpaired) electrons. The molecule has 0 N–H and O–H groups in total. The summed E-state index contributed by atoms with van der Waals surface area (Å²) in [5.41, 5.74) is 0.518. The van der Waals surface area contributed by atoms with Crippen molar-refractivity contribution in [3.63, 3.8) is 0 Å². The molecule has 4 nitrogen and oxygen atoms in total. The zero-order valence-electron chi connectivity index (χ0n) is 17.0. The van der Waals surface area contributed by atoms with Crippen molar-refractivity contribution in [1.82, 2.24) is 19.6 Å². The summed E-state index contributed by atoms with van der Waals surface area (Å²) in [6.45, 7) is 20.4. The van der Waals surface area contributed by atoms with Crippen LogP contribution in [0.25, 0.3) is 0 Å². The summed E-state index contributed by atoms with van der Waals surface area (Å²) < 4.78 is 0. The van der Waals surface area contributed by atoms with Gasteiger partial charge in [-0.15, -0.1) is 0 Å². The van der Waals surface area contributed by atoms with Crippen molar-refractivity contribution in [2.24, 2.45) is 0 Å². The van der Waals surface area contributed by atoms with Gasteiger partial charge in [0, 0.05) is 50.3 Å². The van der Waals surface area contributed by atoms with Crippen LogP contribution >= 0.6 is 0 Å². The van der Waals surface area contributed by atoms with E-state index in [0.29, 0.717) is 0 Å². The summed E-state index contributed by atoms with van der Waals surface area (Å²) in [6, 6.07) is 0. The van der Waals surface area contributed by atoms with E-state index < -0.39 is 0 Å². The van der Waals surface area contributed by atoms with Gasteiger partial charge in [0.2, 0.25) is 0 Å². The molecule has 0 fully saturated rings. The van der Waals surface area contributed by atoms with Gasteiger partial charge in [-0.1, -0.05) is 0 Å². The molecule has 0 heterocycles. The maximum absolute atomic E-state index is 2.44. The Labute approximate surface area is 140 Å². The average molecular weight is 315 g/mol. The topological polar surface area (TPSA) is 13.0 Å². The summed E-state index contributed by atoms with van der Waals surface area (Å²) in [5.74, 6) is 0. The Bertz CT molecular complexity index is 260. The zero-order valence-corrected chi connectivity index (χ0v) is 17.0. The van der Waals surface area contributed by atoms with Gasteiger partial charge in [0.15, 0.2) is 0 Å². The maximum atomic E-state index is 2.44. The average Bonchev–Trinajstić information content (AvgIpc) is 2.37. The van der Waals surface area contributed by atoms with E-state index in [1.165, 1.54) is 0 Å². The smallest absolute Gasteiger partial charge is 0.0122 e. The molecule has 0 aromatic carbocycles.